The number of halogens is 4. The first-order valence-corrected chi connectivity index (χ1v) is 6.52. The van der Waals surface area contributed by atoms with Gasteiger partial charge in [-0.3, -0.25) is 4.68 Å². The SMILES string of the molecule is CCC(Cl)c1c(C)nn(CCOCC(F)(F)F)c1C. The van der Waals surface area contributed by atoms with Gasteiger partial charge in [0.2, 0.25) is 0 Å². The van der Waals surface area contributed by atoms with Crippen LogP contribution in [0.25, 0.3) is 0 Å². The molecule has 0 aliphatic rings. The monoisotopic (exact) mass is 298 g/mol. The van der Waals surface area contributed by atoms with Gasteiger partial charge in [-0.15, -0.1) is 11.6 Å². The van der Waals surface area contributed by atoms with Crippen LogP contribution in [0.3, 0.4) is 0 Å². The first-order valence-electron chi connectivity index (χ1n) is 6.08. The topological polar surface area (TPSA) is 27.1 Å². The zero-order valence-corrected chi connectivity index (χ0v) is 12.0. The largest absolute Gasteiger partial charge is 0.411 e. The van der Waals surface area contributed by atoms with E-state index in [-0.39, 0.29) is 18.5 Å². The summed E-state index contributed by atoms with van der Waals surface area (Å²) in [5.41, 5.74) is 2.66. The standard InChI is InChI=1S/C12H18ClF3N2O/c1-4-10(13)11-8(2)17-18(9(11)3)5-6-19-7-12(14,15)16/h10H,4-7H2,1-3H3. The molecular weight excluding hydrogens is 281 g/mol. The van der Waals surface area contributed by atoms with Crippen LogP contribution in [0.5, 0.6) is 0 Å². The Hall–Kier alpha value is -0.750. The number of rotatable bonds is 6. The second-order valence-corrected chi connectivity index (χ2v) is 4.88. The average Bonchev–Trinajstić information content (AvgIpc) is 2.58. The zero-order valence-electron chi connectivity index (χ0n) is 11.2. The van der Waals surface area contributed by atoms with Gasteiger partial charge >= 0.3 is 6.18 Å². The van der Waals surface area contributed by atoms with E-state index >= 15 is 0 Å². The molecule has 0 aliphatic carbocycles. The predicted octanol–water partition coefficient (Wildman–Crippen LogP) is 3.77. The zero-order chi connectivity index (χ0) is 14.6. The highest BCUT2D eigenvalue weighted by molar-refractivity contribution is 6.20. The number of nitrogens with zero attached hydrogens (tertiary/aromatic N) is 2. The molecule has 0 saturated heterocycles. The van der Waals surface area contributed by atoms with Crippen molar-refractivity contribution in [1.29, 1.82) is 0 Å². The summed E-state index contributed by atoms with van der Waals surface area (Å²) in [4.78, 5) is 0. The summed E-state index contributed by atoms with van der Waals surface area (Å²) in [5, 5.41) is 4.16. The highest BCUT2D eigenvalue weighted by atomic mass is 35.5. The van der Waals surface area contributed by atoms with E-state index in [0.29, 0.717) is 0 Å². The van der Waals surface area contributed by atoms with Crippen molar-refractivity contribution in [2.75, 3.05) is 13.2 Å². The molecule has 3 nitrogen and oxygen atoms in total. The van der Waals surface area contributed by atoms with Crippen molar-refractivity contribution < 1.29 is 17.9 Å². The lowest BCUT2D eigenvalue weighted by Crippen LogP contribution is -2.19. The third-order valence-electron chi connectivity index (χ3n) is 2.82. The summed E-state index contributed by atoms with van der Waals surface area (Å²) in [6.45, 7) is 4.72. The van der Waals surface area contributed by atoms with Gasteiger partial charge in [0.25, 0.3) is 0 Å². The Morgan fingerprint density at radius 1 is 1.37 bits per heavy atom. The maximum absolute atomic E-state index is 11.9. The van der Waals surface area contributed by atoms with E-state index in [2.05, 4.69) is 9.84 Å². The molecule has 1 aromatic rings. The van der Waals surface area contributed by atoms with Gasteiger partial charge < -0.3 is 4.74 Å². The minimum absolute atomic E-state index is 0.0278. The van der Waals surface area contributed by atoms with Crippen LogP contribution in [0.4, 0.5) is 13.2 Å². The minimum Gasteiger partial charge on any atom is -0.370 e. The van der Waals surface area contributed by atoms with Gasteiger partial charge in [0.05, 0.1) is 24.2 Å². The second kappa shape index (κ2) is 6.61. The third kappa shape index (κ3) is 4.69. The van der Waals surface area contributed by atoms with E-state index in [1.54, 1.807) is 4.68 Å². The molecule has 0 aliphatic heterocycles. The molecular formula is C12H18ClF3N2O. The lowest BCUT2D eigenvalue weighted by molar-refractivity contribution is -0.174. The van der Waals surface area contributed by atoms with Crippen molar-refractivity contribution in [3.63, 3.8) is 0 Å². The summed E-state index contributed by atoms with van der Waals surface area (Å²) >= 11 is 6.20. The van der Waals surface area contributed by atoms with E-state index in [4.69, 9.17) is 11.6 Å². The predicted molar refractivity (Wildman–Crippen MR) is 67.5 cm³/mol. The van der Waals surface area contributed by atoms with Gasteiger partial charge in [-0.05, 0) is 20.3 Å². The van der Waals surface area contributed by atoms with Crippen LogP contribution in [-0.4, -0.2) is 29.2 Å². The summed E-state index contributed by atoms with van der Waals surface area (Å²) in [5.74, 6) is 0. The van der Waals surface area contributed by atoms with E-state index in [1.165, 1.54) is 0 Å². The molecule has 0 bridgehead atoms. The summed E-state index contributed by atoms with van der Waals surface area (Å²) in [6.07, 6.45) is -3.51. The first kappa shape index (κ1) is 16.3. The molecule has 0 saturated carbocycles. The highest BCUT2D eigenvalue weighted by Crippen LogP contribution is 2.29. The molecule has 1 aromatic heterocycles. The van der Waals surface area contributed by atoms with Crippen LogP contribution >= 0.6 is 11.6 Å². The van der Waals surface area contributed by atoms with Crippen molar-refractivity contribution >= 4 is 11.6 Å². The molecule has 0 fully saturated rings. The number of hydrogen-bond acceptors (Lipinski definition) is 2. The van der Waals surface area contributed by atoms with Crippen molar-refractivity contribution in [2.45, 2.75) is 45.3 Å². The summed E-state index contributed by atoms with van der Waals surface area (Å²) < 4.78 is 42.0. The maximum atomic E-state index is 11.9. The Bertz CT molecular complexity index is 418. The molecule has 1 unspecified atom stereocenters. The molecule has 1 atom stereocenters. The van der Waals surface area contributed by atoms with E-state index in [9.17, 15) is 13.2 Å². The van der Waals surface area contributed by atoms with Crippen LogP contribution in [0.1, 0.15) is 35.7 Å². The molecule has 0 radical (unpaired) electrons. The van der Waals surface area contributed by atoms with Crippen molar-refractivity contribution in [1.82, 2.24) is 9.78 Å². The quantitative estimate of drug-likeness (QED) is 0.590. The van der Waals surface area contributed by atoms with E-state index in [0.717, 1.165) is 23.4 Å². The number of hydrogen-bond donors (Lipinski definition) is 0. The first-order chi connectivity index (χ1) is 8.76. The molecule has 0 aromatic carbocycles. The van der Waals surface area contributed by atoms with Gasteiger partial charge in [0.1, 0.15) is 6.61 Å². The normalized spacial score (nSPS) is 13.8. The molecule has 1 rings (SSSR count). The fourth-order valence-electron chi connectivity index (χ4n) is 1.92. The minimum atomic E-state index is -4.29. The molecule has 110 valence electrons. The van der Waals surface area contributed by atoms with Crippen molar-refractivity contribution in [3.05, 3.63) is 17.0 Å². The number of alkyl halides is 4. The van der Waals surface area contributed by atoms with Gasteiger partial charge in [0, 0.05) is 11.3 Å². The molecule has 0 amide bonds. The number of aromatic nitrogens is 2. The fourth-order valence-corrected chi connectivity index (χ4v) is 2.24. The average molecular weight is 299 g/mol. The Balaban J connectivity index is 2.60. The van der Waals surface area contributed by atoms with Crippen LogP contribution in [0.2, 0.25) is 0 Å². The van der Waals surface area contributed by atoms with Gasteiger partial charge in [-0.1, -0.05) is 6.92 Å². The summed E-state index contributed by atoms with van der Waals surface area (Å²) in [7, 11) is 0. The Labute approximate surface area is 115 Å². The Morgan fingerprint density at radius 3 is 2.53 bits per heavy atom. The van der Waals surface area contributed by atoms with Crippen molar-refractivity contribution in [3.8, 4) is 0 Å². The smallest absolute Gasteiger partial charge is 0.370 e. The third-order valence-corrected chi connectivity index (χ3v) is 3.35. The lowest BCUT2D eigenvalue weighted by Gasteiger charge is -2.10. The van der Waals surface area contributed by atoms with Gasteiger partial charge in [0.15, 0.2) is 0 Å². The lowest BCUT2D eigenvalue weighted by atomic mass is 10.1. The van der Waals surface area contributed by atoms with Crippen LogP contribution in [-0.2, 0) is 11.3 Å². The highest BCUT2D eigenvalue weighted by Gasteiger charge is 2.27. The molecule has 19 heavy (non-hydrogen) atoms. The van der Waals surface area contributed by atoms with Gasteiger partial charge in [-0.25, -0.2) is 0 Å². The maximum Gasteiger partial charge on any atom is 0.411 e. The van der Waals surface area contributed by atoms with Crippen LogP contribution in [0, 0.1) is 13.8 Å². The molecule has 0 spiro atoms. The molecule has 7 heteroatoms. The van der Waals surface area contributed by atoms with E-state index < -0.39 is 12.8 Å². The number of ether oxygens (including phenoxy) is 1. The fraction of sp³-hybridized carbons (Fsp3) is 0.750. The summed E-state index contributed by atoms with van der Waals surface area (Å²) in [6, 6.07) is 0. The van der Waals surface area contributed by atoms with Crippen LogP contribution in [0.15, 0.2) is 0 Å². The molecule has 1 heterocycles. The van der Waals surface area contributed by atoms with Crippen LogP contribution < -0.4 is 0 Å². The second-order valence-electron chi connectivity index (χ2n) is 4.35. The van der Waals surface area contributed by atoms with Crippen molar-refractivity contribution in [2.24, 2.45) is 0 Å². The Morgan fingerprint density at radius 2 is 2.00 bits per heavy atom. The Kier molecular flexibility index (Phi) is 5.67. The van der Waals surface area contributed by atoms with E-state index in [1.807, 2.05) is 20.8 Å². The molecule has 0 N–H and O–H groups in total. The van der Waals surface area contributed by atoms with Gasteiger partial charge in [-0.2, -0.15) is 18.3 Å². The number of aryl methyl sites for hydroxylation is 1.